The first kappa shape index (κ1) is 12.2. The first-order chi connectivity index (χ1) is 9.33. The van der Waals surface area contributed by atoms with Gasteiger partial charge in [0.15, 0.2) is 0 Å². The van der Waals surface area contributed by atoms with E-state index in [0.717, 1.165) is 24.2 Å². The molecular formula is C14H15N3OS. The van der Waals surface area contributed by atoms with E-state index >= 15 is 0 Å². The van der Waals surface area contributed by atoms with E-state index in [1.807, 2.05) is 29.1 Å². The third kappa shape index (κ3) is 2.76. The van der Waals surface area contributed by atoms with Gasteiger partial charge in [0.05, 0.1) is 11.2 Å². The Morgan fingerprint density at radius 3 is 3.16 bits per heavy atom. The molecule has 0 fully saturated rings. The normalized spacial score (nSPS) is 16.7. The molecule has 19 heavy (non-hydrogen) atoms. The van der Waals surface area contributed by atoms with E-state index in [1.54, 1.807) is 11.3 Å². The van der Waals surface area contributed by atoms with Crippen LogP contribution in [-0.4, -0.2) is 23.5 Å². The summed E-state index contributed by atoms with van der Waals surface area (Å²) >= 11 is 1.58. The summed E-state index contributed by atoms with van der Waals surface area (Å²) in [5, 5.41) is 8.22. The molecule has 0 spiro atoms. The predicted molar refractivity (Wildman–Crippen MR) is 76.4 cm³/mol. The van der Waals surface area contributed by atoms with Crippen LogP contribution in [0.5, 0.6) is 0 Å². The summed E-state index contributed by atoms with van der Waals surface area (Å²) in [6.45, 7) is 0.636. The number of carbonyl (C=O) groups is 1. The van der Waals surface area contributed by atoms with E-state index in [1.165, 1.54) is 5.56 Å². The van der Waals surface area contributed by atoms with Crippen LogP contribution in [0.3, 0.4) is 0 Å². The van der Waals surface area contributed by atoms with Gasteiger partial charge >= 0.3 is 0 Å². The van der Waals surface area contributed by atoms with Crippen molar-refractivity contribution in [1.29, 1.82) is 0 Å². The zero-order chi connectivity index (χ0) is 13.1. The Morgan fingerprint density at radius 1 is 1.47 bits per heavy atom. The van der Waals surface area contributed by atoms with Crippen molar-refractivity contribution in [2.24, 2.45) is 0 Å². The minimum atomic E-state index is -0.146. The van der Waals surface area contributed by atoms with Crippen LogP contribution in [0.15, 0.2) is 35.2 Å². The molecule has 0 aliphatic carbocycles. The fraction of sp³-hybridized carbons (Fsp3) is 0.286. The fourth-order valence-electron chi connectivity index (χ4n) is 2.25. The van der Waals surface area contributed by atoms with Gasteiger partial charge in [-0.05, 0) is 11.6 Å². The van der Waals surface area contributed by atoms with Crippen molar-refractivity contribution < 1.29 is 4.79 Å². The lowest BCUT2D eigenvalue weighted by Gasteiger charge is -2.11. The first-order valence-corrected chi connectivity index (χ1v) is 7.26. The minimum absolute atomic E-state index is 0.0615. The Balaban J connectivity index is 1.50. The fourth-order valence-corrected chi connectivity index (χ4v) is 2.85. The summed E-state index contributed by atoms with van der Waals surface area (Å²) in [4.78, 5) is 16.2. The van der Waals surface area contributed by atoms with Crippen molar-refractivity contribution in [2.75, 3.05) is 11.9 Å². The number of benzene rings is 1. The van der Waals surface area contributed by atoms with Gasteiger partial charge in [-0.1, -0.05) is 18.2 Å². The number of amides is 1. The Hall–Kier alpha value is -1.88. The number of para-hydroxylation sites is 1. The molecule has 1 aromatic carbocycles. The quantitative estimate of drug-likeness (QED) is 0.893. The standard InChI is InChI=1S/C14H15N3OS/c18-14(15-6-5-11-8-19-9-16-11)13-7-10-3-1-2-4-12(10)17-13/h1-4,8-9,13,17H,5-7H2,(H,15,18). The molecule has 98 valence electrons. The van der Waals surface area contributed by atoms with Gasteiger partial charge in [0.25, 0.3) is 0 Å². The van der Waals surface area contributed by atoms with E-state index in [-0.39, 0.29) is 11.9 Å². The van der Waals surface area contributed by atoms with E-state index in [2.05, 4.69) is 21.7 Å². The number of anilines is 1. The monoisotopic (exact) mass is 273 g/mol. The minimum Gasteiger partial charge on any atom is -0.373 e. The van der Waals surface area contributed by atoms with Crippen LogP contribution < -0.4 is 10.6 Å². The van der Waals surface area contributed by atoms with Crippen molar-refractivity contribution in [3.63, 3.8) is 0 Å². The number of nitrogens with one attached hydrogen (secondary N) is 2. The van der Waals surface area contributed by atoms with Gasteiger partial charge < -0.3 is 10.6 Å². The topological polar surface area (TPSA) is 54.0 Å². The highest BCUT2D eigenvalue weighted by Crippen LogP contribution is 2.24. The summed E-state index contributed by atoms with van der Waals surface area (Å²) in [7, 11) is 0. The molecule has 1 aromatic heterocycles. The zero-order valence-electron chi connectivity index (χ0n) is 10.4. The molecule has 2 N–H and O–H groups in total. The number of hydrogen-bond acceptors (Lipinski definition) is 4. The number of nitrogens with zero attached hydrogens (tertiary/aromatic N) is 1. The van der Waals surface area contributed by atoms with Crippen molar-refractivity contribution >= 4 is 22.9 Å². The molecule has 2 aromatic rings. The second kappa shape index (κ2) is 5.40. The highest BCUT2D eigenvalue weighted by Gasteiger charge is 2.25. The Kier molecular flexibility index (Phi) is 3.46. The second-order valence-electron chi connectivity index (χ2n) is 4.58. The SMILES string of the molecule is O=C(NCCc1cscn1)C1Cc2ccccc2N1. The van der Waals surface area contributed by atoms with Crippen LogP contribution in [-0.2, 0) is 17.6 Å². The maximum atomic E-state index is 12.1. The number of carbonyl (C=O) groups excluding carboxylic acids is 1. The summed E-state index contributed by atoms with van der Waals surface area (Å²) in [5.41, 5.74) is 5.13. The molecule has 1 aliphatic rings. The molecule has 2 heterocycles. The van der Waals surface area contributed by atoms with E-state index in [0.29, 0.717) is 6.54 Å². The molecule has 0 saturated heterocycles. The molecule has 0 saturated carbocycles. The van der Waals surface area contributed by atoms with Gasteiger partial charge in [-0.15, -0.1) is 11.3 Å². The maximum Gasteiger partial charge on any atom is 0.242 e. The van der Waals surface area contributed by atoms with Gasteiger partial charge in [0, 0.05) is 30.5 Å². The van der Waals surface area contributed by atoms with Crippen LogP contribution in [0.1, 0.15) is 11.3 Å². The smallest absolute Gasteiger partial charge is 0.242 e. The van der Waals surface area contributed by atoms with Crippen LogP contribution in [0.4, 0.5) is 5.69 Å². The Labute approximate surface area is 115 Å². The molecule has 1 atom stereocenters. The molecule has 1 unspecified atom stereocenters. The Morgan fingerprint density at radius 2 is 2.37 bits per heavy atom. The maximum absolute atomic E-state index is 12.1. The van der Waals surface area contributed by atoms with Gasteiger partial charge in [0.2, 0.25) is 5.91 Å². The molecule has 1 aliphatic heterocycles. The number of aromatic nitrogens is 1. The molecule has 0 radical (unpaired) electrons. The average Bonchev–Trinajstić information content (AvgIpc) is 3.07. The van der Waals surface area contributed by atoms with Gasteiger partial charge in [-0.2, -0.15) is 0 Å². The molecule has 0 bridgehead atoms. The van der Waals surface area contributed by atoms with Gasteiger partial charge in [-0.3, -0.25) is 4.79 Å². The lowest BCUT2D eigenvalue weighted by Crippen LogP contribution is -2.39. The van der Waals surface area contributed by atoms with Crippen LogP contribution in [0, 0.1) is 0 Å². The summed E-state index contributed by atoms with van der Waals surface area (Å²) in [6.07, 6.45) is 1.55. The van der Waals surface area contributed by atoms with Crippen molar-refractivity contribution in [1.82, 2.24) is 10.3 Å². The van der Waals surface area contributed by atoms with Crippen LogP contribution >= 0.6 is 11.3 Å². The summed E-state index contributed by atoms with van der Waals surface area (Å²) in [6, 6.07) is 7.91. The first-order valence-electron chi connectivity index (χ1n) is 6.32. The second-order valence-corrected chi connectivity index (χ2v) is 5.30. The van der Waals surface area contributed by atoms with E-state index in [4.69, 9.17) is 0 Å². The third-order valence-corrected chi connectivity index (χ3v) is 3.89. The largest absolute Gasteiger partial charge is 0.373 e. The van der Waals surface area contributed by atoms with Crippen molar-refractivity contribution in [3.8, 4) is 0 Å². The van der Waals surface area contributed by atoms with Crippen molar-refractivity contribution in [3.05, 3.63) is 46.4 Å². The molecular weight excluding hydrogens is 258 g/mol. The van der Waals surface area contributed by atoms with Crippen LogP contribution in [0.25, 0.3) is 0 Å². The molecule has 4 nitrogen and oxygen atoms in total. The number of thiazole rings is 1. The summed E-state index contributed by atoms with van der Waals surface area (Å²) < 4.78 is 0. The average molecular weight is 273 g/mol. The number of hydrogen-bond donors (Lipinski definition) is 2. The van der Waals surface area contributed by atoms with Gasteiger partial charge in [-0.25, -0.2) is 4.98 Å². The summed E-state index contributed by atoms with van der Waals surface area (Å²) in [5.74, 6) is 0.0615. The number of fused-ring (bicyclic) bond motifs is 1. The highest BCUT2D eigenvalue weighted by molar-refractivity contribution is 7.07. The van der Waals surface area contributed by atoms with Gasteiger partial charge in [0.1, 0.15) is 6.04 Å². The molecule has 5 heteroatoms. The predicted octanol–water partition coefficient (Wildman–Crippen LogP) is 1.84. The Bertz CT molecular complexity index is 543. The highest BCUT2D eigenvalue weighted by atomic mass is 32.1. The number of rotatable bonds is 4. The molecule has 3 rings (SSSR count). The zero-order valence-corrected chi connectivity index (χ0v) is 11.2. The lowest BCUT2D eigenvalue weighted by atomic mass is 10.1. The van der Waals surface area contributed by atoms with E-state index < -0.39 is 0 Å². The molecule has 1 amide bonds. The van der Waals surface area contributed by atoms with Crippen molar-refractivity contribution in [2.45, 2.75) is 18.9 Å². The van der Waals surface area contributed by atoms with E-state index in [9.17, 15) is 4.79 Å². The lowest BCUT2D eigenvalue weighted by molar-refractivity contribution is -0.121. The third-order valence-electron chi connectivity index (χ3n) is 3.25. The van der Waals surface area contributed by atoms with Crippen LogP contribution in [0.2, 0.25) is 0 Å².